The Morgan fingerprint density at radius 2 is 1.77 bits per heavy atom. The molecule has 1 amide bonds. The van der Waals surface area contributed by atoms with Crippen LogP contribution in [0.25, 0.3) is 0 Å². The van der Waals surface area contributed by atoms with Crippen LogP contribution in [-0.2, 0) is 18.5 Å². The molecule has 134 valence electrons. The number of nitrogens with zero attached hydrogens (tertiary/aromatic N) is 2. The first-order chi connectivity index (χ1) is 12.4. The van der Waals surface area contributed by atoms with Gasteiger partial charge in [-0.2, -0.15) is 0 Å². The molecule has 4 heteroatoms. The van der Waals surface area contributed by atoms with Crippen LogP contribution in [0, 0.1) is 0 Å². The van der Waals surface area contributed by atoms with E-state index in [2.05, 4.69) is 25.8 Å². The number of amides is 1. The lowest BCUT2D eigenvalue weighted by atomic mass is 9.86. The van der Waals surface area contributed by atoms with Crippen LogP contribution in [0.3, 0.4) is 0 Å². The lowest BCUT2D eigenvalue weighted by Crippen LogP contribution is -2.30. The normalized spacial score (nSPS) is 11.3. The molecule has 0 saturated heterocycles. The van der Waals surface area contributed by atoms with Crippen molar-refractivity contribution in [2.24, 2.45) is 0 Å². The average Bonchev–Trinajstić information content (AvgIpc) is 3.14. The molecule has 0 spiro atoms. The van der Waals surface area contributed by atoms with Crippen LogP contribution in [0.4, 0.5) is 0 Å². The molecule has 0 N–H and O–H groups in total. The van der Waals surface area contributed by atoms with Crippen molar-refractivity contribution < 1.29 is 9.21 Å². The Bertz CT molecular complexity index is 832. The fourth-order valence-electron chi connectivity index (χ4n) is 2.77. The third kappa shape index (κ3) is 4.39. The number of aromatic nitrogens is 1. The summed E-state index contributed by atoms with van der Waals surface area (Å²) in [5, 5.41) is 0. The summed E-state index contributed by atoms with van der Waals surface area (Å²) in [5.74, 6) is 0.716. The van der Waals surface area contributed by atoms with Crippen LogP contribution in [-0.4, -0.2) is 15.8 Å². The predicted molar refractivity (Wildman–Crippen MR) is 102 cm³/mol. The van der Waals surface area contributed by atoms with Gasteiger partial charge in [-0.05, 0) is 47.4 Å². The van der Waals surface area contributed by atoms with E-state index in [0.29, 0.717) is 18.7 Å². The largest absolute Gasteiger partial charge is 0.467 e. The summed E-state index contributed by atoms with van der Waals surface area (Å²) < 4.78 is 5.44. The number of hydrogen-bond acceptors (Lipinski definition) is 3. The first kappa shape index (κ1) is 17.9. The molecule has 2 aromatic heterocycles. The fraction of sp³-hybridized carbons (Fsp3) is 0.273. The van der Waals surface area contributed by atoms with Gasteiger partial charge in [0.25, 0.3) is 5.91 Å². The third-order valence-electron chi connectivity index (χ3n) is 4.29. The van der Waals surface area contributed by atoms with Gasteiger partial charge >= 0.3 is 0 Å². The zero-order valence-electron chi connectivity index (χ0n) is 15.5. The molecule has 0 unspecified atom stereocenters. The van der Waals surface area contributed by atoms with Gasteiger partial charge in [-0.1, -0.05) is 39.0 Å². The maximum absolute atomic E-state index is 13.1. The first-order valence-electron chi connectivity index (χ1n) is 8.75. The number of furan rings is 1. The van der Waals surface area contributed by atoms with Crippen molar-refractivity contribution >= 4 is 5.91 Å². The molecule has 0 saturated carbocycles. The van der Waals surface area contributed by atoms with Crippen LogP contribution in [0.1, 0.15) is 48.1 Å². The number of rotatable bonds is 5. The smallest absolute Gasteiger partial charge is 0.254 e. The third-order valence-corrected chi connectivity index (χ3v) is 4.29. The molecule has 0 aliphatic carbocycles. The van der Waals surface area contributed by atoms with Gasteiger partial charge in [-0.15, -0.1) is 0 Å². The fourth-order valence-corrected chi connectivity index (χ4v) is 2.77. The van der Waals surface area contributed by atoms with Crippen LogP contribution >= 0.6 is 0 Å². The van der Waals surface area contributed by atoms with E-state index < -0.39 is 0 Å². The Balaban J connectivity index is 1.84. The Morgan fingerprint density at radius 3 is 2.35 bits per heavy atom. The molecule has 0 fully saturated rings. The Labute approximate surface area is 154 Å². The van der Waals surface area contributed by atoms with Crippen molar-refractivity contribution in [3.63, 3.8) is 0 Å². The molecule has 3 rings (SSSR count). The van der Waals surface area contributed by atoms with Gasteiger partial charge in [-0.3, -0.25) is 9.78 Å². The van der Waals surface area contributed by atoms with Crippen molar-refractivity contribution in [1.29, 1.82) is 0 Å². The van der Waals surface area contributed by atoms with E-state index in [9.17, 15) is 4.79 Å². The second-order valence-electron chi connectivity index (χ2n) is 7.39. The second kappa shape index (κ2) is 7.56. The molecule has 3 aromatic rings. The van der Waals surface area contributed by atoms with Gasteiger partial charge in [0.1, 0.15) is 5.76 Å². The van der Waals surface area contributed by atoms with Crippen LogP contribution in [0.5, 0.6) is 0 Å². The zero-order valence-corrected chi connectivity index (χ0v) is 15.5. The number of pyridine rings is 1. The Kier molecular flexibility index (Phi) is 5.21. The van der Waals surface area contributed by atoms with E-state index in [1.807, 2.05) is 54.6 Å². The zero-order chi connectivity index (χ0) is 18.6. The number of benzene rings is 1. The van der Waals surface area contributed by atoms with Crippen molar-refractivity contribution in [2.45, 2.75) is 39.3 Å². The minimum absolute atomic E-state index is 0.0347. The molecule has 4 nitrogen and oxygen atoms in total. The lowest BCUT2D eigenvalue weighted by molar-refractivity contribution is 0.0715. The van der Waals surface area contributed by atoms with Gasteiger partial charge in [0.05, 0.1) is 25.0 Å². The summed E-state index contributed by atoms with van der Waals surface area (Å²) in [6.45, 7) is 7.32. The molecule has 1 aromatic carbocycles. The van der Waals surface area contributed by atoms with Gasteiger partial charge in [-0.25, -0.2) is 0 Å². The molecule has 0 bridgehead atoms. The van der Waals surface area contributed by atoms with Crippen LogP contribution in [0.15, 0.2) is 71.5 Å². The standard InChI is InChI=1S/C22H24N2O2/c1-22(2,3)18-11-9-17(10-12-18)21(25)24(16-20-8-6-14-26-20)15-19-7-4-5-13-23-19/h4-14H,15-16H2,1-3H3. The topological polar surface area (TPSA) is 46.3 Å². The molecular weight excluding hydrogens is 324 g/mol. The SMILES string of the molecule is CC(C)(C)c1ccc(C(=O)N(Cc2ccccn2)Cc2ccco2)cc1. The minimum atomic E-state index is -0.0347. The lowest BCUT2D eigenvalue weighted by Gasteiger charge is -2.23. The number of carbonyl (C=O) groups is 1. The van der Waals surface area contributed by atoms with Gasteiger partial charge < -0.3 is 9.32 Å². The molecule has 0 aliphatic heterocycles. The highest BCUT2D eigenvalue weighted by Gasteiger charge is 2.20. The molecule has 0 aliphatic rings. The van der Waals surface area contributed by atoms with E-state index in [1.165, 1.54) is 5.56 Å². The molecule has 0 radical (unpaired) electrons. The maximum Gasteiger partial charge on any atom is 0.254 e. The summed E-state index contributed by atoms with van der Waals surface area (Å²) in [7, 11) is 0. The summed E-state index contributed by atoms with van der Waals surface area (Å²) in [6.07, 6.45) is 3.36. The Hall–Kier alpha value is -2.88. The highest BCUT2D eigenvalue weighted by molar-refractivity contribution is 5.94. The molecule has 0 atom stereocenters. The van der Waals surface area contributed by atoms with Gasteiger partial charge in [0.15, 0.2) is 0 Å². The average molecular weight is 348 g/mol. The monoisotopic (exact) mass is 348 g/mol. The Morgan fingerprint density at radius 1 is 1.00 bits per heavy atom. The summed E-state index contributed by atoms with van der Waals surface area (Å²) in [6, 6.07) is 17.3. The second-order valence-corrected chi connectivity index (χ2v) is 7.39. The summed E-state index contributed by atoms with van der Waals surface area (Å²) in [5.41, 5.74) is 2.78. The summed E-state index contributed by atoms with van der Waals surface area (Å²) in [4.78, 5) is 19.2. The number of hydrogen-bond donors (Lipinski definition) is 0. The quantitative estimate of drug-likeness (QED) is 0.664. The van der Waals surface area contributed by atoms with Crippen molar-refractivity contribution in [3.8, 4) is 0 Å². The molecular formula is C22H24N2O2. The van der Waals surface area contributed by atoms with Crippen molar-refractivity contribution in [1.82, 2.24) is 9.88 Å². The van der Waals surface area contributed by atoms with E-state index in [4.69, 9.17) is 4.42 Å². The van der Waals surface area contributed by atoms with E-state index >= 15 is 0 Å². The highest BCUT2D eigenvalue weighted by Crippen LogP contribution is 2.23. The predicted octanol–water partition coefficient (Wildman–Crippen LogP) is 4.81. The maximum atomic E-state index is 13.1. The van der Waals surface area contributed by atoms with E-state index in [0.717, 1.165) is 11.5 Å². The first-order valence-corrected chi connectivity index (χ1v) is 8.75. The van der Waals surface area contributed by atoms with Crippen LogP contribution < -0.4 is 0 Å². The molecule has 2 heterocycles. The van der Waals surface area contributed by atoms with Gasteiger partial charge in [0.2, 0.25) is 0 Å². The highest BCUT2D eigenvalue weighted by atomic mass is 16.3. The minimum Gasteiger partial charge on any atom is -0.467 e. The van der Waals surface area contributed by atoms with Crippen LogP contribution in [0.2, 0.25) is 0 Å². The van der Waals surface area contributed by atoms with Gasteiger partial charge in [0, 0.05) is 11.8 Å². The van der Waals surface area contributed by atoms with E-state index in [-0.39, 0.29) is 11.3 Å². The van der Waals surface area contributed by atoms with Crippen molar-refractivity contribution in [3.05, 3.63) is 89.6 Å². The summed E-state index contributed by atoms with van der Waals surface area (Å²) >= 11 is 0. The van der Waals surface area contributed by atoms with E-state index in [1.54, 1.807) is 17.4 Å². The number of carbonyl (C=O) groups excluding carboxylic acids is 1. The molecule has 26 heavy (non-hydrogen) atoms. The van der Waals surface area contributed by atoms with Crippen molar-refractivity contribution in [2.75, 3.05) is 0 Å².